The maximum absolute atomic E-state index is 15.3. The molecule has 3 aliphatic heterocycles. The number of ether oxygens (including phenoxy) is 6. The second-order valence-corrected chi connectivity index (χ2v) is 22.4. The van der Waals surface area contributed by atoms with Crippen molar-refractivity contribution in [3.05, 3.63) is 23.8 Å². The van der Waals surface area contributed by atoms with Crippen LogP contribution in [0.4, 0.5) is 0 Å². The standard InChI is InChI=1S/C48H76O21/c1-21(39(61)62)22-10-12-46(5)28(45(22,4)11-7-15-49)9-8-23-24-16-44(2,3)13-14-48(24,29(52)17-47(23,46)6)43(63)69-42-37(60)38(68-41-36(59)34(57)31(54)26(19-51)66-41)32(55)27(67-42)20-64-40-35(58)33(56)30(53)25(18-50)65-40/h8,22,24-38,40-42,49-60H,1,7,9-20H2,2-6H3,(H,61,62)/t22?,24-,25+,26+,27+,28+,29+,30+,31+,32+,33-,34-,35+,36+,37+,38-,40+,41-,42-,45-,46+,47+,48+/m0/s1. The first kappa shape index (κ1) is 54.5. The Morgan fingerprint density at radius 2 is 1.32 bits per heavy atom. The molecule has 0 amide bonds. The topological polar surface area (TPSA) is 353 Å². The fourth-order valence-electron chi connectivity index (χ4n) is 13.9. The van der Waals surface area contributed by atoms with E-state index in [9.17, 15) is 71.2 Å². The first-order chi connectivity index (χ1) is 32.3. The summed E-state index contributed by atoms with van der Waals surface area (Å²) in [4.78, 5) is 27.7. The highest BCUT2D eigenvalue weighted by Gasteiger charge is 2.71. The summed E-state index contributed by atoms with van der Waals surface area (Å²) in [7, 11) is 0. The molecule has 4 aliphatic carbocycles. The number of carboxylic acid groups (broad SMARTS) is 1. The summed E-state index contributed by atoms with van der Waals surface area (Å²) in [6.45, 7) is 12.1. The highest BCUT2D eigenvalue weighted by molar-refractivity contribution is 5.86. The molecule has 21 nitrogen and oxygen atoms in total. The van der Waals surface area contributed by atoms with Gasteiger partial charge in [-0.2, -0.15) is 0 Å². The van der Waals surface area contributed by atoms with Crippen LogP contribution in [-0.4, -0.2) is 203 Å². The zero-order valence-electron chi connectivity index (χ0n) is 40.0. The van der Waals surface area contributed by atoms with Gasteiger partial charge in [0.15, 0.2) is 12.6 Å². The molecule has 13 N–H and O–H groups in total. The number of carbonyl (C=O) groups is 2. The fourth-order valence-corrected chi connectivity index (χ4v) is 13.9. The highest BCUT2D eigenvalue weighted by atomic mass is 16.8. The van der Waals surface area contributed by atoms with Crippen LogP contribution in [0.25, 0.3) is 0 Å². The van der Waals surface area contributed by atoms with E-state index in [1.165, 1.54) is 0 Å². The van der Waals surface area contributed by atoms with Gasteiger partial charge in [0.25, 0.3) is 0 Å². The van der Waals surface area contributed by atoms with Gasteiger partial charge in [0.2, 0.25) is 6.29 Å². The van der Waals surface area contributed by atoms with Gasteiger partial charge in [0.05, 0.1) is 25.9 Å². The Kier molecular flexibility index (Phi) is 16.0. The molecule has 0 aromatic heterocycles. The van der Waals surface area contributed by atoms with E-state index in [4.69, 9.17) is 28.4 Å². The first-order valence-electron chi connectivity index (χ1n) is 24.3. The van der Waals surface area contributed by atoms with E-state index in [1.54, 1.807) is 0 Å². The van der Waals surface area contributed by atoms with Crippen LogP contribution >= 0.6 is 0 Å². The molecule has 6 fully saturated rings. The molecule has 394 valence electrons. The summed E-state index contributed by atoms with van der Waals surface area (Å²) in [5, 5.41) is 139. The zero-order chi connectivity index (χ0) is 50.9. The third-order valence-electron chi connectivity index (χ3n) is 18.2. The number of allylic oxidation sites excluding steroid dienone is 2. The fraction of sp³-hybridized carbons (Fsp3) is 0.875. The summed E-state index contributed by atoms with van der Waals surface area (Å²) >= 11 is 0. The van der Waals surface area contributed by atoms with Crippen molar-refractivity contribution in [2.45, 2.75) is 191 Å². The van der Waals surface area contributed by atoms with Crippen LogP contribution in [0.1, 0.15) is 92.4 Å². The average Bonchev–Trinajstić information content (AvgIpc) is 3.29. The molecule has 23 atom stereocenters. The Bertz CT molecular complexity index is 1890. The van der Waals surface area contributed by atoms with Crippen molar-refractivity contribution in [3.63, 3.8) is 0 Å². The molecule has 21 heteroatoms. The summed E-state index contributed by atoms with van der Waals surface area (Å²) < 4.78 is 34.8. The molecular formula is C48H76O21. The number of aliphatic hydroxyl groups is 12. The van der Waals surface area contributed by atoms with Gasteiger partial charge in [-0.1, -0.05) is 52.8 Å². The molecular weight excluding hydrogens is 913 g/mol. The summed E-state index contributed by atoms with van der Waals surface area (Å²) in [5.41, 5.74) is -2.65. The molecule has 3 saturated carbocycles. The molecule has 3 heterocycles. The monoisotopic (exact) mass is 988 g/mol. The smallest absolute Gasteiger partial charge is 0.331 e. The molecule has 0 spiro atoms. The number of fused-ring (bicyclic) bond motifs is 5. The van der Waals surface area contributed by atoms with E-state index in [1.807, 2.05) is 0 Å². The number of carbonyl (C=O) groups excluding carboxylic acids is 1. The number of aliphatic carboxylic acids is 1. The lowest BCUT2D eigenvalue weighted by molar-refractivity contribution is -0.363. The Labute approximate surface area is 401 Å². The van der Waals surface area contributed by atoms with Crippen molar-refractivity contribution in [2.24, 2.45) is 44.8 Å². The van der Waals surface area contributed by atoms with Gasteiger partial charge in [-0.05, 0) is 97.2 Å². The van der Waals surface area contributed by atoms with Crippen LogP contribution in [0.3, 0.4) is 0 Å². The van der Waals surface area contributed by atoms with E-state index in [0.717, 1.165) is 5.57 Å². The minimum absolute atomic E-state index is 0.0742. The maximum atomic E-state index is 15.3. The number of hydrogen-bond donors (Lipinski definition) is 13. The Hall–Kier alpha value is -2.26. The molecule has 7 rings (SSSR count). The van der Waals surface area contributed by atoms with Gasteiger partial charge in [-0.3, -0.25) is 4.79 Å². The van der Waals surface area contributed by atoms with Crippen molar-refractivity contribution in [1.29, 1.82) is 0 Å². The highest BCUT2D eigenvalue weighted by Crippen LogP contribution is 2.74. The van der Waals surface area contributed by atoms with Crippen LogP contribution in [-0.2, 0) is 38.0 Å². The number of rotatable bonds is 14. The number of aliphatic hydroxyl groups excluding tert-OH is 12. The Balaban J connectivity index is 1.22. The van der Waals surface area contributed by atoms with Crippen LogP contribution in [0.15, 0.2) is 23.8 Å². The lowest BCUT2D eigenvalue weighted by Gasteiger charge is -2.69. The largest absolute Gasteiger partial charge is 0.478 e. The van der Waals surface area contributed by atoms with Gasteiger partial charge in [-0.25, -0.2) is 4.79 Å². The van der Waals surface area contributed by atoms with E-state index in [2.05, 4.69) is 47.3 Å². The lowest BCUT2D eigenvalue weighted by atomic mass is 9.35. The molecule has 0 bridgehead atoms. The van der Waals surface area contributed by atoms with Gasteiger partial charge >= 0.3 is 11.9 Å². The first-order valence-corrected chi connectivity index (χ1v) is 24.3. The second-order valence-electron chi connectivity index (χ2n) is 22.4. The van der Waals surface area contributed by atoms with Gasteiger partial charge in [0.1, 0.15) is 78.7 Å². The van der Waals surface area contributed by atoms with Crippen LogP contribution < -0.4 is 0 Å². The quantitative estimate of drug-likeness (QED) is 0.0526. The van der Waals surface area contributed by atoms with Crippen molar-refractivity contribution < 1.29 is 104 Å². The van der Waals surface area contributed by atoms with Crippen LogP contribution in [0.5, 0.6) is 0 Å². The number of hydrogen-bond acceptors (Lipinski definition) is 20. The molecule has 1 unspecified atom stereocenters. The lowest BCUT2D eigenvalue weighted by Crippen LogP contribution is -2.67. The van der Waals surface area contributed by atoms with Crippen LogP contribution in [0.2, 0.25) is 0 Å². The third-order valence-corrected chi connectivity index (χ3v) is 18.2. The van der Waals surface area contributed by atoms with Crippen molar-refractivity contribution in [1.82, 2.24) is 0 Å². The number of esters is 1. The van der Waals surface area contributed by atoms with E-state index in [-0.39, 0.29) is 42.3 Å². The number of carboxylic acids is 1. The van der Waals surface area contributed by atoms with E-state index >= 15 is 4.79 Å². The Morgan fingerprint density at radius 1 is 0.725 bits per heavy atom. The van der Waals surface area contributed by atoms with Crippen LogP contribution in [0, 0.1) is 44.8 Å². The van der Waals surface area contributed by atoms with Crippen molar-refractivity contribution >= 4 is 11.9 Å². The van der Waals surface area contributed by atoms with Gasteiger partial charge < -0.3 is 94.8 Å². The van der Waals surface area contributed by atoms with E-state index < -0.39 is 158 Å². The molecule has 0 aromatic rings. The zero-order valence-corrected chi connectivity index (χ0v) is 40.0. The minimum atomic E-state index is -2.08. The summed E-state index contributed by atoms with van der Waals surface area (Å²) in [5.74, 6) is -3.06. The molecule has 0 radical (unpaired) electrons. The minimum Gasteiger partial charge on any atom is -0.478 e. The van der Waals surface area contributed by atoms with Crippen molar-refractivity contribution in [2.75, 3.05) is 26.4 Å². The Morgan fingerprint density at radius 3 is 1.91 bits per heavy atom. The third kappa shape index (κ3) is 9.16. The molecule has 3 saturated heterocycles. The SMILES string of the molecule is C=C(C(=O)O)C1CC[C@]2(C)[C@H](CC=C3[C@@H]4CC(C)(C)CC[C@]4(C(=O)O[C@@H]4O[C@H](CO[C@@H]5O[C@H](CO)[C@@H](O)[C@H](O)[C@H]5O)[C@@H](O)[C@H](O[C@@H]5O[C@H](CO)[C@@H](O)[C@H](O)[C@H]5O)[C@H]4O)[C@H](O)C[C@]32C)[C@@]1(C)CCCO. The molecule has 7 aliphatic rings. The average molecular weight is 989 g/mol. The summed E-state index contributed by atoms with van der Waals surface area (Å²) in [6, 6.07) is 0. The normalized spacial score (nSPS) is 49.6. The maximum Gasteiger partial charge on any atom is 0.331 e. The molecule has 69 heavy (non-hydrogen) atoms. The van der Waals surface area contributed by atoms with Crippen molar-refractivity contribution in [3.8, 4) is 0 Å². The van der Waals surface area contributed by atoms with Gasteiger partial charge in [0, 0.05) is 12.2 Å². The second kappa shape index (κ2) is 20.2. The van der Waals surface area contributed by atoms with Gasteiger partial charge in [-0.15, -0.1) is 0 Å². The predicted molar refractivity (Wildman–Crippen MR) is 236 cm³/mol. The van der Waals surface area contributed by atoms with E-state index in [0.29, 0.717) is 44.9 Å². The summed E-state index contributed by atoms with van der Waals surface area (Å²) in [6.07, 6.45) is -22.4. The molecule has 0 aromatic carbocycles. The predicted octanol–water partition coefficient (Wildman–Crippen LogP) is -1.66.